The number of benzene rings is 1. The van der Waals surface area contributed by atoms with Crippen molar-refractivity contribution in [1.29, 1.82) is 0 Å². The highest BCUT2D eigenvalue weighted by Gasteiger charge is 2.59. The summed E-state index contributed by atoms with van der Waals surface area (Å²) in [6, 6.07) is 10.1. The van der Waals surface area contributed by atoms with Gasteiger partial charge in [0, 0.05) is 22.6 Å². The summed E-state index contributed by atoms with van der Waals surface area (Å²) >= 11 is 0. The molecule has 1 aromatic carbocycles. The van der Waals surface area contributed by atoms with E-state index in [1.54, 1.807) is 6.21 Å². The van der Waals surface area contributed by atoms with Crippen LogP contribution in [0.15, 0.2) is 47.6 Å². The van der Waals surface area contributed by atoms with E-state index in [9.17, 15) is 9.59 Å². The van der Waals surface area contributed by atoms with Crippen LogP contribution in [0.1, 0.15) is 43.6 Å². The summed E-state index contributed by atoms with van der Waals surface area (Å²) in [6.07, 6.45) is 7.90. The Morgan fingerprint density at radius 1 is 1.09 bits per heavy atom. The zero-order chi connectivity index (χ0) is 22.6. The Kier molecular flexibility index (Phi) is 5.03. The number of aryl methyl sites for hydroxylation is 1. The van der Waals surface area contributed by atoms with Gasteiger partial charge in [0.15, 0.2) is 0 Å². The third-order valence-electron chi connectivity index (χ3n) is 7.24. The lowest BCUT2D eigenvalue weighted by Gasteiger charge is -2.14. The first-order valence-corrected chi connectivity index (χ1v) is 11.4. The summed E-state index contributed by atoms with van der Waals surface area (Å²) < 4.78 is 8.02. The lowest BCUT2D eigenvalue weighted by Crippen LogP contribution is -2.28. The van der Waals surface area contributed by atoms with E-state index < -0.39 is 0 Å². The highest BCUT2D eigenvalue weighted by molar-refractivity contribution is 6.06. The number of amides is 2. The molecule has 2 aliphatic carbocycles. The molecule has 2 fully saturated rings. The molecule has 6 nitrogen and oxygen atoms in total. The SMILES string of the molecule is CCC(C)Oc1ccc(-n2c(C)cc(C=NN3C(=O)C4C5C=CC(C5)C4C3=O)c2C)cc1. The largest absolute Gasteiger partial charge is 0.491 e. The number of carbonyl (C=O) groups excluding carboxylic acids is 2. The lowest BCUT2D eigenvalue weighted by molar-refractivity contribution is -0.140. The van der Waals surface area contributed by atoms with Crippen LogP contribution < -0.4 is 4.74 Å². The van der Waals surface area contributed by atoms with Crippen molar-refractivity contribution in [3.05, 3.63) is 59.4 Å². The summed E-state index contributed by atoms with van der Waals surface area (Å²) in [6.45, 7) is 8.22. The van der Waals surface area contributed by atoms with Crippen LogP contribution >= 0.6 is 0 Å². The van der Waals surface area contributed by atoms with Gasteiger partial charge in [-0.05, 0) is 75.8 Å². The molecule has 6 heteroatoms. The summed E-state index contributed by atoms with van der Waals surface area (Å²) in [5.41, 5.74) is 3.98. The van der Waals surface area contributed by atoms with Crippen LogP contribution in [0.5, 0.6) is 5.75 Å². The molecule has 0 spiro atoms. The van der Waals surface area contributed by atoms with Crippen LogP contribution in [0.4, 0.5) is 0 Å². The van der Waals surface area contributed by atoms with Gasteiger partial charge in [-0.25, -0.2) is 0 Å². The van der Waals surface area contributed by atoms with E-state index in [-0.39, 0.29) is 41.6 Å². The molecule has 1 saturated heterocycles. The van der Waals surface area contributed by atoms with E-state index in [2.05, 4.69) is 35.7 Å². The molecule has 2 bridgehead atoms. The van der Waals surface area contributed by atoms with E-state index in [0.717, 1.165) is 46.2 Å². The third-order valence-corrected chi connectivity index (χ3v) is 7.24. The zero-order valence-corrected chi connectivity index (χ0v) is 19.0. The standard InChI is InChI=1S/C26H29N3O3/c1-5-16(3)32-22-10-8-21(9-11-22)28-15(2)12-20(17(28)4)14-27-29-25(30)23-18-6-7-19(13-18)24(23)26(29)31/h6-12,14,16,18-19,23-24H,5,13H2,1-4H3. The van der Waals surface area contributed by atoms with Crippen molar-refractivity contribution in [3.8, 4) is 11.4 Å². The summed E-state index contributed by atoms with van der Waals surface area (Å²) in [5, 5.41) is 5.45. The number of hydrazone groups is 1. The molecule has 1 saturated carbocycles. The number of allylic oxidation sites excluding steroid dienone is 2. The molecule has 2 aromatic rings. The number of ether oxygens (including phenoxy) is 1. The highest BCUT2D eigenvalue weighted by atomic mass is 16.5. The number of hydrogen-bond donors (Lipinski definition) is 0. The quantitative estimate of drug-likeness (QED) is 0.387. The van der Waals surface area contributed by atoms with Gasteiger partial charge in [-0.15, -0.1) is 0 Å². The minimum absolute atomic E-state index is 0.154. The van der Waals surface area contributed by atoms with E-state index in [4.69, 9.17) is 4.74 Å². The molecule has 5 rings (SSSR count). The Morgan fingerprint density at radius 2 is 1.72 bits per heavy atom. The van der Waals surface area contributed by atoms with Gasteiger partial charge < -0.3 is 9.30 Å². The molecular formula is C26H29N3O3. The van der Waals surface area contributed by atoms with Crippen LogP contribution in [-0.2, 0) is 9.59 Å². The Hall–Kier alpha value is -3.15. The van der Waals surface area contributed by atoms with Crippen LogP contribution in [0.3, 0.4) is 0 Å². The van der Waals surface area contributed by atoms with Gasteiger partial charge in [-0.1, -0.05) is 19.1 Å². The van der Waals surface area contributed by atoms with Gasteiger partial charge in [0.05, 0.1) is 24.2 Å². The fourth-order valence-electron chi connectivity index (χ4n) is 5.43. The number of aromatic nitrogens is 1. The average molecular weight is 432 g/mol. The Bertz CT molecular complexity index is 1100. The molecule has 0 N–H and O–H groups in total. The molecule has 3 aliphatic rings. The van der Waals surface area contributed by atoms with Crippen molar-refractivity contribution in [2.24, 2.45) is 28.8 Å². The second-order valence-corrected chi connectivity index (χ2v) is 9.23. The lowest BCUT2D eigenvalue weighted by atomic mass is 9.85. The number of nitrogens with zero attached hydrogens (tertiary/aromatic N) is 3. The number of imide groups is 1. The smallest absolute Gasteiger partial charge is 0.254 e. The minimum atomic E-state index is -0.224. The van der Waals surface area contributed by atoms with Gasteiger partial charge in [0.1, 0.15) is 5.75 Å². The summed E-state index contributed by atoms with van der Waals surface area (Å²) in [5.74, 6) is 0.486. The minimum Gasteiger partial charge on any atom is -0.491 e. The van der Waals surface area contributed by atoms with Crippen molar-refractivity contribution < 1.29 is 14.3 Å². The van der Waals surface area contributed by atoms with Crippen molar-refractivity contribution in [2.45, 2.75) is 46.6 Å². The number of hydrogen-bond acceptors (Lipinski definition) is 4. The van der Waals surface area contributed by atoms with Gasteiger partial charge in [-0.3, -0.25) is 9.59 Å². The first kappa shape index (κ1) is 20.7. The Labute approximate surface area is 188 Å². The molecule has 2 amide bonds. The molecule has 5 atom stereocenters. The monoisotopic (exact) mass is 431 g/mol. The topological polar surface area (TPSA) is 63.9 Å². The van der Waals surface area contributed by atoms with Gasteiger partial charge >= 0.3 is 0 Å². The molecule has 0 radical (unpaired) electrons. The first-order chi connectivity index (χ1) is 15.4. The molecular weight excluding hydrogens is 402 g/mol. The number of fused-ring (bicyclic) bond motifs is 5. The predicted octanol–water partition coefficient (Wildman–Crippen LogP) is 4.41. The van der Waals surface area contributed by atoms with E-state index in [1.165, 1.54) is 0 Å². The zero-order valence-electron chi connectivity index (χ0n) is 19.0. The first-order valence-electron chi connectivity index (χ1n) is 11.4. The van der Waals surface area contributed by atoms with Crippen molar-refractivity contribution in [2.75, 3.05) is 0 Å². The third kappa shape index (κ3) is 3.20. The van der Waals surface area contributed by atoms with Crippen LogP contribution in [0.2, 0.25) is 0 Å². The predicted molar refractivity (Wildman–Crippen MR) is 123 cm³/mol. The maximum absolute atomic E-state index is 12.9. The fraction of sp³-hybridized carbons (Fsp3) is 0.423. The molecule has 1 aromatic heterocycles. The summed E-state index contributed by atoms with van der Waals surface area (Å²) in [7, 11) is 0. The van der Waals surface area contributed by atoms with Crippen molar-refractivity contribution in [1.82, 2.24) is 9.58 Å². The number of carbonyl (C=O) groups is 2. The fourth-order valence-corrected chi connectivity index (χ4v) is 5.43. The maximum atomic E-state index is 12.9. The molecule has 2 heterocycles. The van der Waals surface area contributed by atoms with Crippen molar-refractivity contribution in [3.63, 3.8) is 0 Å². The van der Waals surface area contributed by atoms with E-state index in [1.807, 2.05) is 44.2 Å². The number of rotatable bonds is 6. The summed E-state index contributed by atoms with van der Waals surface area (Å²) in [4.78, 5) is 25.7. The van der Waals surface area contributed by atoms with Gasteiger partial charge in [0.25, 0.3) is 11.8 Å². The normalized spacial score (nSPS) is 27.1. The van der Waals surface area contributed by atoms with Crippen LogP contribution in [0, 0.1) is 37.5 Å². The average Bonchev–Trinajstić information content (AvgIpc) is 3.52. The van der Waals surface area contributed by atoms with Crippen molar-refractivity contribution >= 4 is 18.0 Å². The maximum Gasteiger partial charge on any atom is 0.254 e. The second-order valence-electron chi connectivity index (χ2n) is 9.23. The molecule has 5 unspecified atom stereocenters. The van der Waals surface area contributed by atoms with Crippen LogP contribution in [0.25, 0.3) is 5.69 Å². The second kappa shape index (κ2) is 7.76. The van der Waals surface area contributed by atoms with Gasteiger partial charge in [-0.2, -0.15) is 10.1 Å². The van der Waals surface area contributed by atoms with E-state index >= 15 is 0 Å². The molecule has 1 aliphatic heterocycles. The molecule has 32 heavy (non-hydrogen) atoms. The van der Waals surface area contributed by atoms with Gasteiger partial charge in [0.2, 0.25) is 0 Å². The van der Waals surface area contributed by atoms with Crippen LogP contribution in [-0.4, -0.2) is 33.7 Å². The van der Waals surface area contributed by atoms with E-state index in [0.29, 0.717) is 0 Å². The Morgan fingerprint density at radius 3 is 2.31 bits per heavy atom. The molecule has 166 valence electrons. The Balaban J connectivity index is 1.36. The highest BCUT2D eigenvalue weighted by Crippen LogP contribution is 2.52.